The number of rotatable bonds is 4. The van der Waals surface area contributed by atoms with Gasteiger partial charge in [0.2, 0.25) is 5.95 Å². The summed E-state index contributed by atoms with van der Waals surface area (Å²) in [5.41, 5.74) is 9.70. The van der Waals surface area contributed by atoms with Crippen molar-refractivity contribution >= 4 is 43.6 Å². The van der Waals surface area contributed by atoms with Crippen molar-refractivity contribution in [2.75, 3.05) is 0 Å². The molecule has 0 bridgehead atoms. The molecule has 0 spiro atoms. The molecule has 6 nitrogen and oxygen atoms in total. The number of benzene rings is 6. The van der Waals surface area contributed by atoms with Gasteiger partial charge in [0, 0.05) is 38.4 Å². The van der Waals surface area contributed by atoms with Gasteiger partial charge in [0.25, 0.3) is 0 Å². The first-order chi connectivity index (χ1) is 23.7. The molecule has 3 heterocycles. The Labute approximate surface area is 275 Å². The molecule has 0 saturated heterocycles. The summed E-state index contributed by atoms with van der Waals surface area (Å²) in [7, 11) is 0. The highest BCUT2D eigenvalue weighted by atomic mass is 15.2. The van der Waals surface area contributed by atoms with E-state index in [4.69, 9.17) is 9.97 Å². The van der Waals surface area contributed by atoms with E-state index in [9.17, 15) is 10.5 Å². The first-order valence-corrected chi connectivity index (χ1v) is 15.6. The lowest BCUT2D eigenvalue weighted by Crippen LogP contribution is -2.04. The number of aromatic nitrogens is 4. The van der Waals surface area contributed by atoms with Gasteiger partial charge in [0.15, 0.2) is 0 Å². The predicted octanol–water partition coefficient (Wildman–Crippen LogP) is 9.75. The third-order valence-corrected chi connectivity index (χ3v) is 9.01. The molecule has 0 atom stereocenters. The molecule has 0 unspecified atom stereocenters. The van der Waals surface area contributed by atoms with E-state index >= 15 is 0 Å². The zero-order chi connectivity index (χ0) is 32.2. The predicted molar refractivity (Wildman–Crippen MR) is 191 cm³/mol. The number of hydrogen-bond donors (Lipinski definition) is 0. The van der Waals surface area contributed by atoms with E-state index in [2.05, 4.69) is 100 Å². The summed E-state index contributed by atoms with van der Waals surface area (Å²) >= 11 is 0. The van der Waals surface area contributed by atoms with Crippen LogP contribution in [0.2, 0.25) is 0 Å². The molecule has 222 valence electrons. The number of fused-ring (bicyclic) bond motifs is 6. The molecule has 0 N–H and O–H groups in total. The number of para-hydroxylation sites is 3. The van der Waals surface area contributed by atoms with Crippen molar-refractivity contribution in [3.63, 3.8) is 0 Å². The van der Waals surface area contributed by atoms with Gasteiger partial charge in [0.05, 0.1) is 56.7 Å². The molecule has 0 amide bonds. The lowest BCUT2D eigenvalue weighted by Gasteiger charge is -2.12. The molecule has 0 fully saturated rings. The highest BCUT2D eigenvalue weighted by Crippen LogP contribution is 2.39. The van der Waals surface area contributed by atoms with E-state index in [1.165, 1.54) is 10.8 Å². The summed E-state index contributed by atoms with van der Waals surface area (Å²) in [5, 5.41) is 23.4. The number of nitriles is 2. The molecule has 48 heavy (non-hydrogen) atoms. The van der Waals surface area contributed by atoms with Crippen LogP contribution in [0.5, 0.6) is 0 Å². The molecule has 9 aromatic rings. The highest BCUT2D eigenvalue weighted by molar-refractivity contribution is 6.19. The summed E-state index contributed by atoms with van der Waals surface area (Å²) in [6.07, 6.45) is 0. The van der Waals surface area contributed by atoms with Gasteiger partial charge in [-0.15, -0.1) is 0 Å². The Bertz CT molecular complexity index is 2700. The fraction of sp³-hybridized carbons (Fsp3) is 0. The first kappa shape index (κ1) is 27.3. The molecule has 0 aliphatic heterocycles. The SMILES string of the molecule is N#Cc1ccc(-c2cc(-c3ccc(C#N)cc3)nc(-n3c4ccccc4c4cc5c6ccccc6n(-c6ccccc6)c5cc43)n2)cc1. The van der Waals surface area contributed by atoms with Crippen molar-refractivity contribution in [3.8, 4) is 46.3 Å². The summed E-state index contributed by atoms with van der Waals surface area (Å²) in [4.78, 5) is 10.3. The maximum Gasteiger partial charge on any atom is 0.235 e. The monoisotopic (exact) mass is 612 g/mol. The van der Waals surface area contributed by atoms with E-state index in [0.29, 0.717) is 17.1 Å². The summed E-state index contributed by atoms with van der Waals surface area (Å²) < 4.78 is 4.47. The zero-order valence-electron chi connectivity index (χ0n) is 25.5. The van der Waals surface area contributed by atoms with Crippen molar-refractivity contribution in [2.24, 2.45) is 0 Å². The Morgan fingerprint density at radius 3 is 1.44 bits per heavy atom. The van der Waals surface area contributed by atoms with Gasteiger partial charge < -0.3 is 4.57 Å². The first-order valence-electron chi connectivity index (χ1n) is 15.6. The van der Waals surface area contributed by atoms with Crippen LogP contribution in [-0.4, -0.2) is 19.1 Å². The standard InChI is InChI=1S/C42H24N6/c43-25-27-14-18-29(19-15-27)36-23-37(30-20-16-28(26-44)17-21-30)46-42(45-36)48-39-13-7-5-11-33(39)35-22-34-32-10-4-6-12-38(32)47(40(34)24-41(35)48)31-8-2-1-3-9-31/h1-24H. The average molecular weight is 613 g/mol. The number of nitrogens with zero attached hydrogens (tertiary/aromatic N) is 6. The van der Waals surface area contributed by atoms with Gasteiger partial charge >= 0.3 is 0 Å². The number of hydrogen-bond acceptors (Lipinski definition) is 4. The van der Waals surface area contributed by atoms with Gasteiger partial charge in [0.1, 0.15) is 0 Å². The van der Waals surface area contributed by atoms with Crippen LogP contribution in [0.15, 0.2) is 146 Å². The Morgan fingerprint density at radius 2 is 0.896 bits per heavy atom. The average Bonchev–Trinajstić information content (AvgIpc) is 3.66. The molecule has 0 aliphatic carbocycles. The van der Waals surface area contributed by atoms with Crippen LogP contribution in [0.3, 0.4) is 0 Å². The Kier molecular flexibility index (Phi) is 6.15. The van der Waals surface area contributed by atoms with Crippen LogP contribution in [0.25, 0.3) is 77.8 Å². The van der Waals surface area contributed by atoms with Crippen molar-refractivity contribution in [1.29, 1.82) is 10.5 Å². The van der Waals surface area contributed by atoms with E-state index in [1.54, 1.807) is 24.3 Å². The Morgan fingerprint density at radius 1 is 0.417 bits per heavy atom. The lowest BCUT2D eigenvalue weighted by molar-refractivity contribution is 0.995. The van der Waals surface area contributed by atoms with Crippen molar-refractivity contribution < 1.29 is 0 Å². The largest absolute Gasteiger partial charge is 0.309 e. The van der Waals surface area contributed by atoms with E-state index in [-0.39, 0.29) is 0 Å². The molecule has 0 aliphatic rings. The minimum absolute atomic E-state index is 0.532. The van der Waals surface area contributed by atoms with Crippen molar-refractivity contribution in [2.45, 2.75) is 0 Å². The fourth-order valence-electron chi connectivity index (χ4n) is 6.76. The normalized spacial score (nSPS) is 11.3. The fourth-order valence-corrected chi connectivity index (χ4v) is 6.76. The van der Waals surface area contributed by atoms with Crippen molar-refractivity contribution in [3.05, 3.63) is 157 Å². The molecule has 6 aromatic carbocycles. The van der Waals surface area contributed by atoms with E-state index < -0.39 is 0 Å². The zero-order valence-corrected chi connectivity index (χ0v) is 25.5. The second kappa shape index (κ2) is 10.8. The van der Waals surface area contributed by atoms with Crippen LogP contribution < -0.4 is 0 Å². The van der Waals surface area contributed by atoms with Gasteiger partial charge in [-0.2, -0.15) is 10.5 Å². The van der Waals surface area contributed by atoms with Gasteiger partial charge in [-0.1, -0.05) is 78.9 Å². The van der Waals surface area contributed by atoms with Gasteiger partial charge in [-0.05, 0) is 66.7 Å². The van der Waals surface area contributed by atoms with Crippen LogP contribution in [0.4, 0.5) is 0 Å². The third-order valence-electron chi connectivity index (χ3n) is 9.01. The molecule has 3 aromatic heterocycles. The van der Waals surface area contributed by atoms with E-state index in [0.717, 1.165) is 61.0 Å². The Hall–Kier alpha value is -7.02. The second-order valence-electron chi connectivity index (χ2n) is 11.7. The third kappa shape index (κ3) is 4.25. The van der Waals surface area contributed by atoms with Crippen LogP contribution in [-0.2, 0) is 0 Å². The molecule has 0 radical (unpaired) electrons. The molecular formula is C42H24N6. The molecule has 9 rings (SSSR count). The van der Waals surface area contributed by atoms with Crippen LogP contribution in [0.1, 0.15) is 11.1 Å². The Balaban J connectivity index is 1.38. The van der Waals surface area contributed by atoms with Crippen molar-refractivity contribution in [1.82, 2.24) is 19.1 Å². The molecular weight excluding hydrogens is 589 g/mol. The summed E-state index contributed by atoms with van der Waals surface area (Å²) in [6, 6.07) is 53.2. The quantitative estimate of drug-likeness (QED) is 0.198. The van der Waals surface area contributed by atoms with Crippen LogP contribution in [0, 0.1) is 22.7 Å². The maximum absolute atomic E-state index is 9.42. The second-order valence-corrected chi connectivity index (χ2v) is 11.7. The van der Waals surface area contributed by atoms with Crippen LogP contribution >= 0.6 is 0 Å². The molecule has 0 saturated carbocycles. The molecule has 6 heteroatoms. The lowest BCUT2D eigenvalue weighted by atomic mass is 10.1. The van der Waals surface area contributed by atoms with Gasteiger partial charge in [-0.25, -0.2) is 9.97 Å². The minimum atomic E-state index is 0.532. The summed E-state index contributed by atoms with van der Waals surface area (Å²) in [5.74, 6) is 0.532. The minimum Gasteiger partial charge on any atom is -0.309 e. The highest BCUT2D eigenvalue weighted by Gasteiger charge is 2.20. The smallest absolute Gasteiger partial charge is 0.235 e. The summed E-state index contributed by atoms with van der Waals surface area (Å²) in [6.45, 7) is 0. The topological polar surface area (TPSA) is 83.2 Å². The van der Waals surface area contributed by atoms with E-state index in [1.807, 2.05) is 42.5 Å². The van der Waals surface area contributed by atoms with Gasteiger partial charge in [-0.3, -0.25) is 4.57 Å². The maximum atomic E-state index is 9.42.